The summed E-state index contributed by atoms with van der Waals surface area (Å²) in [6.07, 6.45) is 59.7. The molecule has 6 atom stereocenters. The number of esters is 4. The van der Waals surface area contributed by atoms with Crippen molar-refractivity contribution < 1.29 is 80.2 Å². The third kappa shape index (κ3) is 71.1. The molecule has 0 radical (unpaired) electrons. The molecule has 0 aromatic rings. The molecule has 19 heteroatoms. The maximum absolute atomic E-state index is 13.1. The Labute approximate surface area is 600 Å². The van der Waals surface area contributed by atoms with Crippen LogP contribution in [0, 0.1) is 11.8 Å². The standard InChI is InChI=1S/C79H154O17P2/c1-7-10-12-14-16-18-20-22-24-25-26-27-28-29-31-33-39-45-52-58-64-78(83)95-74(67-89-76(81)61-55-49-43-37-35-34-36-42-48-54-60-72(6)9-3)69-93-97(85,86)91-65-73(80)66-92-98(87,88)94-70-75(68-90-77(82)62-56-50-46-40-41-47-53-59-71(4)5)96-79(84)63-57-51-44-38-32-30-23-21-19-17-15-13-11-8-2/h71-75,80H,7-70H2,1-6H3,(H,85,86)(H,87,88)/t72?,73-,74-,75-/m1/s1. The van der Waals surface area contributed by atoms with Gasteiger partial charge in [0.1, 0.15) is 19.3 Å². The van der Waals surface area contributed by atoms with Gasteiger partial charge in [-0.2, -0.15) is 0 Å². The lowest BCUT2D eigenvalue weighted by Gasteiger charge is -2.21. The molecule has 98 heavy (non-hydrogen) atoms. The first-order valence-electron chi connectivity index (χ1n) is 41.0. The van der Waals surface area contributed by atoms with E-state index in [1.807, 2.05) is 0 Å². The van der Waals surface area contributed by atoms with Crippen molar-refractivity contribution in [3.8, 4) is 0 Å². The predicted molar refractivity (Wildman–Crippen MR) is 400 cm³/mol. The second kappa shape index (κ2) is 70.7. The lowest BCUT2D eigenvalue weighted by molar-refractivity contribution is -0.161. The maximum atomic E-state index is 13.1. The average molecular weight is 1440 g/mol. The molecular weight excluding hydrogens is 1280 g/mol. The van der Waals surface area contributed by atoms with Gasteiger partial charge in [-0.15, -0.1) is 0 Å². The van der Waals surface area contributed by atoms with Crippen LogP contribution in [-0.2, 0) is 65.4 Å². The first-order chi connectivity index (χ1) is 47.4. The van der Waals surface area contributed by atoms with E-state index in [1.165, 1.54) is 225 Å². The largest absolute Gasteiger partial charge is 0.472 e. The van der Waals surface area contributed by atoms with Gasteiger partial charge in [0.05, 0.1) is 26.4 Å². The summed E-state index contributed by atoms with van der Waals surface area (Å²) in [6.45, 7) is 9.59. The smallest absolute Gasteiger partial charge is 0.462 e. The second-order valence-electron chi connectivity index (χ2n) is 29.2. The number of rotatable bonds is 78. The van der Waals surface area contributed by atoms with Crippen molar-refractivity contribution in [2.75, 3.05) is 39.6 Å². The number of aliphatic hydroxyl groups is 1. The number of unbranched alkanes of at least 4 members (excludes halogenated alkanes) is 47. The number of ether oxygens (including phenoxy) is 4. The molecule has 0 spiro atoms. The number of carbonyl (C=O) groups is 4. The van der Waals surface area contributed by atoms with Crippen molar-refractivity contribution in [2.24, 2.45) is 11.8 Å². The Kier molecular flexibility index (Phi) is 69.3. The minimum Gasteiger partial charge on any atom is -0.462 e. The van der Waals surface area contributed by atoms with Gasteiger partial charge in [0.15, 0.2) is 12.2 Å². The summed E-state index contributed by atoms with van der Waals surface area (Å²) in [4.78, 5) is 72.9. The molecule has 0 aliphatic rings. The molecule has 0 amide bonds. The van der Waals surface area contributed by atoms with Crippen LogP contribution in [0.25, 0.3) is 0 Å². The summed E-state index contributed by atoms with van der Waals surface area (Å²) in [5.41, 5.74) is 0. The summed E-state index contributed by atoms with van der Waals surface area (Å²) in [5, 5.41) is 10.6. The number of phosphoric ester groups is 2. The summed E-state index contributed by atoms with van der Waals surface area (Å²) in [7, 11) is -9.92. The molecule has 3 unspecified atom stereocenters. The molecule has 582 valence electrons. The second-order valence-corrected chi connectivity index (χ2v) is 32.1. The SMILES string of the molecule is CCCCCCCCCCCCCCCCCCCCCCC(=O)O[C@H](COC(=O)CCCCCCCCCCCCC(C)CC)COP(=O)(O)OC[C@@H](O)COP(=O)(O)OC[C@@H](COC(=O)CCCCCCCCCC(C)C)OC(=O)CCCCCCCCCCCCCCCC. The highest BCUT2D eigenvalue weighted by Gasteiger charge is 2.30. The van der Waals surface area contributed by atoms with Gasteiger partial charge >= 0.3 is 39.5 Å². The van der Waals surface area contributed by atoms with Crippen molar-refractivity contribution in [3.05, 3.63) is 0 Å². The van der Waals surface area contributed by atoms with E-state index in [-0.39, 0.29) is 25.7 Å². The zero-order chi connectivity index (χ0) is 72.1. The highest BCUT2D eigenvalue weighted by molar-refractivity contribution is 7.47. The van der Waals surface area contributed by atoms with Gasteiger partial charge in [-0.3, -0.25) is 37.3 Å². The maximum Gasteiger partial charge on any atom is 0.472 e. The van der Waals surface area contributed by atoms with E-state index in [1.54, 1.807) is 0 Å². The Morgan fingerprint density at radius 2 is 0.520 bits per heavy atom. The summed E-state index contributed by atoms with van der Waals surface area (Å²) in [6, 6.07) is 0. The molecule has 0 aromatic carbocycles. The first-order valence-corrected chi connectivity index (χ1v) is 44.0. The van der Waals surface area contributed by atoms with Gasteiger partial charge < -0.3 is 33.8 Å². The fraction of sp³-hybridized carbons (Fsp3) is 0.949. The fourth-order valence-electron chi connectivity index (χ4n) is 12.2. The minimum absolute atomic E-state index is 0.107. The van der Waals surface area contributed by atoms with Crippen molar-refractivity contribution in [2.45, 2.75) is 432 Å². The van der Waals surface area contributed by atoms with Crippen LogP contribution in [0.4, 0.5) is 0 Å². The van der Waals surface area contributed by atoms with E-state index in [4.69, 9.17) is 37.0 Å². The van der Waals surface area contributed by atoms with Crippen LogP contribution in [-0.4, -0.2) is 96.7 Å². The molecule has 0 bridgehead atoms. The average Bonchev–Trinajstić information content (AvgIpc) is 0.945. The van der Waals surface area contributed by atoms with E-state index in [0.717, 1.165) is 102 Å². The number of hydrogen-bond acceptors (Lipinski definition) is 15. The predicted octanol–water partition coefficient (Wildman–Crippen LogP) is 23.5. The quantitative estimate of drug-likeness (QED) is 0.0222. The first kappa shape index (κ1) is 96.1. The third-order valence-electron chi connectivity index (χ3n) is 18.8. The normalized spacial score (nSPS) is 14.2. The molecule has 0 saturated heterocycles. The molecule has 0 heterocycles. The van der Waals surface area contributed by atoms with E-state index >= 15 is 0 Å². The lowest BCUT2D eigenvalue weighted by Crippen LogP contribution is -2.30. The molecule has 0 fully saturated rings. The molecule has 0 aliphatic carbocycles. The molecule has 17 nitrogen and oxygen atoms in total. The van der Waals surface area contributed by atoms with E-state index in [2.05, 4.69) is 41.5 Å². The zero-order valence-electron chi connectivity index (χ0n) is 64.1. The highest BCUT2D eigenvalue weighted by Crippen LogP contribution is 2.45. The van der Waals surface area contributed by atoms with Crippen LogP contribution in [0.3, 0.4) is 0 Å². The van der Waals surface area contributed by atoms with Gasteiger partial charge in [0.25, 0.3) is 0 Å². The molecule has 0 rings (SSSR count). The van der Waals surface area contributed by atoms with Crippen LogP contribution in [0.1, 0.15) is 414 Å². The van der Waals surface area contributed by atoms with Gasteiger partial charge in [-0.05, 0) is 37.5 Å². The van der Waals surface area contributed by atoms with Crippen LogP contribution in [0.2, 0.25) is 0 Å². The van der Waals surface area contributed by atoms with Crippen molar-refractivity contribution in [3.63, 3.8) is 0 Å². The Morgan fingerprint density at radius 3 is 0.776 bits per heavy atom. The van der Waals surface area contributed by atoms with Gasteiger partial charge in [-0.25, -0.2) is 9.13 Å². The Bertz CT molecular complexity index is 1890. The van der Waals surface area contributed by atoms with Crippen molar-refractivity contribution >= 4 is 39.5 Å². The number of phosphoric acid groups is 2. The molecule has 0 saturated carbocycles. The van der Waals surface area contributed by atoms with Crippen LogP contribution >= 0.6 is 15.6 Å². The topological polar surface area (TPSA) is 237 Å². The molecule has 3 N–H and O–H groups in total. The van der Waals surface area contributed by atoms with Crippen molar-refractivity contribution in [1.29, 1.82) is 0 Å². The number of hydrogen-bond donors (Lipinski definition) is 3. The minimum atomic E-state index is -4.96. The molecule has 0 aromatic heterocycles. The van der Waals surface area contributed by atoms with E-state index in [9.17, 15) is 43.2 Å². The lowest BCUT2D eigenvalue weighted by atomic mass is 9.99. The van der Waals surface area contributed by atoms with Crippen molar-refractivity contribution in [1.82, 2.24) is 0 Å². The summed E-state index contributed by atoms with van der Waals surface area (Å²) < 4.78 is 68.6. The molecule has 0 aliphatic heterocycles. The Hall–Kier alpha value is -1.94. The fourth-order valence-corrected chi connectivity index (χ4v) is 13.7. The van der Waals surface area contributed by atoms with E-state index in [0.29, 0.717) is 31.6 Å². The number of carbonyl (C=O) groups excluding carboxylic acids is 4. The Morgan fingerprint density at radius 1 is 0.296 bits per heavy atom. The summed E-state index contributed by atoms with van der Waals surface area (Å²) in [5.74, 6) is -0.597. The van der Waals surface area contributed by atoms with Crippen LogP contribution < -0.4 is 0 Å². The van der Waals surface area contributed by atoms with Gasteiger partial charge in [0, 0.05) is 25.7 Å². The van der Waals surface area contributed by atoms with Crippen LogP contribution in [0.5, 0.6) is 0 Å². The molecular formula is C79H154O17P2. The monoisotopic (exact) mass is 1440 g/mol. The third-order valence-corrected chi connectivity index (χ3v) is 20.7. The van der Waals surface area contributed by atoms with Gasteiger partial charge in [0.2, 0.25) is 0 Å². The zero-order valence-corrected chi connectivity index (χ0v) is 65.9. The van der Waals surface area contributed by atoms with E-state index < -0.39 is 97.5 Å². The van der Waals surface area contributed by atoms with Gasteiger partial charge in [-0.1, -0.05) is 363 Å². The Balaban J connectivity index is 5.23. The van der Waals surface area contributed by atoms with Crippen LogP contribution in [0.15, 0.2) is 0 Å². The highest BCUT2D eigenvalue weighted by atomic mass is 31.2. The number of aliphatic hydroxyl groups excluding tert-OH is 1. The summed E-state index contributed by atoms with van der Waals surface area (Å²) >= 11 is 0.